The predicted molar refractivity (Wildman–Crippen MR) is 90.1 cm³/mol. The number of aryl methyl sites for hydroxylation is 2. The molecule has 1 aromatic carbocycles. The van der Waals surface area contributed by atoms with Crippen LogP contribution in [0.3, 0.4) is 0 Å². The highest BCUT2D eigenvalue weighted by molar-refractivity contribution is 5.96. The molecule has 0 aliphatic heterocycles. The highest BCUT2D eigenvalue weighted by Crippen LogP contribution is 2.31. The molecule has 0 aliphatic rings. The second-order valence-corrected chi connectivity index (χ2v) is 5.21. The molecule has 0 atom stereocenters. The van der Waals surface area contributed by atoms with Crippen LogP contribution >= 0.6 is 0 Å². The van der Waals surface area contributed by atoms with Crippen LogP contribution in [0.25, 0.3) is 0 Å². The highest BCUT2D eigenvalue weighted by atomic mass is 19.1. The molecule has 1 aromatic heterocycles. The molecule has 134 valence electrons. The van der Waals surface area contributed by atoms with Crippen molar-refractivity contribution in [2.45, 2.75) is 13.8 Å². The van der Waals surface area contributed by atoms with Crippen LogP contribution in [0.1, 0.15) is 12.6 Å². The van der Waals surface area contributed by atoms with Crippen molar-refractivity contribution in [1.82, 2.24) is 20.4 Å². The van der Waals surface area contributed by atoms with Crippen LogP contribution in [0.5, 0.6) is 11.6 Å². The van der Waals surface area contributed by atoms with Gasteiger partial charge in [-0.3, -0.25) is 10.1 Å². The fourth-order valence-electron chi connectivity index (χ4n) is 2.14. The lowest BCUT2D eigenvalue weighted by Gasteiger charge is -2.11. The summed E-state index contributed by atoms with van der Waals surface area (Å²) in [5.41, 5.74) is 1.08. The summed E-state index contributed by atoms with van der Waals surface area (Å²) in [5, 5.41) is 11.8. The molecule has 1 heterocycles. The Bertz CT molecular complexity index is 775. The topological polar surface area (TPSA) is 97.3 Å². The normalized spacial score (nSPS) is 10.2. The maximum absolute atomic E-state index is 13.3. The number of amides is 3. The first-order chi connectivity index (χ1) is 11.9. The number of hydrogen-bond acceptors (Lipinski definition) is 5. The minimum absolute atomic E-state index is 0.150. The molecule has 0 saturated carbocycles. The van der Waals surface area contributed by atoms with Crippen LogP contribution in [-0.2, 0) is 11.8 Å². The number of urea groups is 1. The van der Waals surface area contributed by atoms with Crippen molar-refractivity contribution in [2.24, 2.45) is 7.05 Å². The summed E-state index contributed by atoms with van der Waals surface area (Å²) >= 11 is 0. The molecule has 0 bridgehead atoms. The van der Waals surface area contributed by atoms with E-state index in [2.05, 4.69) is 21.0 Å². The van der Waals surface area contributed by atoms with Gasteiger partial charge in [0.15, 0.2) is 0 Å². The molecule has 0 saturated heterocycles. The smallest absolute Gasteiger partial charge is 0.321 e. The minimum atomic E-state index is -0.562. The van der Waals surface area contributed by atoms with E-state index in [9.17, 15) is 14.0 Å². The fourth-order valence-corrected chi connectivity index (χ4v) is 2.14. The van der Waals surface area contributed by atoms with Crippen molar-refractivity contribution < 1.29 is 18.7 Å². The summed E-state index contributed by atoms with van der Waals surface area (Å²) in [5.74, 6) is -0.301. The molecule has 3 N–H and O–H groups in total. The van der Waals surface area contributed by atoms with E-state index in [1.54, 1.807) is 27.0 Å². The summed E-state index contributed by atoms with van der Waals surface area (Å²) in [7, 11) is 1.67. The second kappa shape index (κ2) is 8.13. The molecule has 9 heteroatoms. The van der Waals surface area contributed by atoms with Crippen LogP contribution in [0.4, 0.5) is 14.9 Å². The van der Waals surface area contributed by atoms with E-state index in [1.807, 2.05) is 0 Å². The monoisotopic (exact) mass is 349 g/mol. The van der Waals surface area contributed by atoms with E-state index in [4.69, 9.17) is 4.74 Å². The van der Waals surface area contributed by atoms with Gasteiger partial charge in [0.05, 0.1) is 12.2 Å². The first kappa shape index (κ1) is 18.2. The lowest BCUT2D eigenvalue weighted by Crippen LogP contribution is -2.41. The number of nitrogens with zero attached hydrogens (tertiary/aromatic N) is 2. The van der Waals surface area contributed by atoms with Crippen LogP contribution in [0, 0.1) is 12.7 Å². The molecular formula is C16H20FN5O3. The third kappa shape index (κ3) is 4.93. The Morgan fingerprint density at radius 3 is 2.80 bits per heavy atom. The Morgan fingerprint density at radius 2 is 2.12 bits per heavy atom. The number of halogens is 1. The third-order valence-electron chi connectivity index (χ3n) is 3.20. The van der Waals surface area contributed by atoms with Gasteiger partial charge in [0, 0.05) is 19.7 Å². The Balaban J connectivity index is 2.08. The number of ether oxygens (including phenoxy) is 1. The van der Waals surface area contributed by atoms with Gasteiger partial charge >= 0.3 is 6.03 Å². The van der Waals surface area contributed by atoms with Crippen molar-refractivity contribution >= 4 is 17.6 Å². The number of carbonyl (C=O) groups is 2. The lowest BCUT2D eigenvalue weighted by molar-refractivity contribution is -0.118. The van der Waals surface area contributed by atoms with Crippen molar-refractivity contribution in [2.75, 3.05) is 18.4 Å². The summed E-state index contributed by atoms with van der Waals surface area (Å²) in [6.07, 6.45) is 0. The lowest BCUT2D eigenvalue weighted by atomic mass is 10.3. The first-order valence-corrected chi connectivity index (χ1v) is 7.69. The second-order valence-electron chi connectivity index (χ2n) is 5.21. The van der Waals surface area contributed by atoms with E-state index < -0.39 is 17.8 Å². The van der Waals surface area contributed by atoms with E-state index in [0.717, 1.165) is 0 Å². The number of hydrogen-bond donors (Lipinski definition) is 3. The molecule has 0 spiro atoms. The van der Waals surface area contributed by atoms with Gasteiger partial charge in [0.2, 0.25) is 11.8 Å². The Morgan fingerprint density at radius 1 is 1.36 bits per heavy atom. The van der Waals surface area contributed by atoms with Gasteiger partial charge in [-0.2, -0.15) is 5.10 Å². The van der Waals surface area contributed by atoms with Crippen LogP contribution in [0.2, 0.25) is 0 Å². The highest BCUT2D eigenvalue weighted by Gasteiger charge is 2.17. The zero-order valence-corrected chi connectivity index (χ0v) is 14.2. The fraction of sp³-hybridized carbons (Fsp3) is 0.312. The summed E-state index contributed by atoms with van der Waals surface area (Å²) in [4.78, 5) is 23.1. The van der Waals surface area contributed by atoms with Gasteiger partial charge in [-0.1, -0.05) is 6.07 Å². The number of anilines is 1. The van der Waals surface area contributed by atoms with E-state index in [1.165, 1.54) is 22.9 Å². The van der Waals surface area contributed by atoms with Crippen molar-refractivity contribution in [3.63, 3.8) is 0 Å². The van der Waals surface area contributed by atoms with E-state index >= 15 is 0 Å². The first-order valence-electron chi connectivity index (χ1n) is 7.69. The van der Waals surface area contributed by atoms with Crippen molar-refractivity contribution in [1.29, 1.82) is 0 Å². The molecule has 3 amide bonds. The largest absolute Gasteiger partial charge is 0.437 e. The van der Waals surface area contributed by atoms with Gasteiger partial charge in [-0.05, 0) is 26.0 Å². The molecule has 0 aliphatic carbocycles. The quantitative estimate of drug-likeness (QED) is 0.740. The predicted octanol–water partition coefficient (Wildman–Crippen LogP) is 1.92. The van der Waals surface area contributed by atoms with Crippen LogP contribution in [0.15, 0.2) is 24.3 Å². The van der Waals surface area contributed by atoms with Gasteiger partial charge < -0.3 is 15.4 Å². The maximum atomic E-state index is 13.3. The standard InChI is InChI=1S/C16H20FN5O3/c1-4-18-16(24)20-13(23)9-19-14-10(2)21-22(3)15(14)25-12-7-5-6-11(17)8-12/h5-8,19H,4,9H2,1-3H3,(H2,18,20,23,24). The average Bonchev–Trinajstić information content (AvgIpc) is 2.79. The molecule has 2 aromatic rings. The van der Waals surface area contributed by atoms with Gasteiger partial charge in [-0.15, -0.1) is 0 Å². The molecule has 0 fully saturated rings. The molecule has 8 nitrogen and oxygen atoms in total. The number of carbonyl (C=O) groups excluding carboxylic acids is 2. The van der Waals surface area contributed by atoms with Gasteiger partial charge in [0.25, 0.3) is 0 Å². The molecule has 0 radical (unpaired) electrons. The SMILES string of the molecule is CCNC(=O)NC(=O)CNc1c(C)nn(C)c1Oc1cccc(F)c1. The molecule has 2 rings (SSSR count). The van der Waals surface area contributed by atoms with E-state index in [0.29, 0.717) is 29.6 Å². The van der Waals surface area contributed by atoms with Crippen molar-refractivity contribution in [3.8, 4) is 11.6 Å². The molecular weight excluding hydrogens is 329 g/mol. The molecule has 0 unspecified atom stereocenters. The van der Waals surface area contributed by atoms with Crippen LogP contribution in [-0.4, -0.2) is 34.8 Å². The maximum Gasteiger partial charge on any atom is 0.321 e. The van der Waals surface area contributed by atoms with E-state index in [-0.39, 0.29) is 6.54 Å². The number of rotatable bonds is 6. The number of nitrogens with one attached hydrogen (secondary N) is 3. The Labute approximate surface area is 144 Å². The number of imide groups is 1. The zero-order chi connectivity index (χ0) is 18.4. The Hall–Kier alpha value is -3.10. The minimum Gasteiger partial charge on any atom is -0.437 e. The average molecular weight is 349 g/mol. The van der Waals surface area contributed by atoms with Gasteiger partial charge in [0.1, 0.15) is 17.3 Å². The third-order valence-corrected chi connectivity index (χ3v) is 3.20. The number of aromatic nitrogens is 2. The molecule has 25 heavy (non-hydrogen) atoms. The number of benzene rings is 1. The van der Waals surface area contributed by atoms with Crippen molar-refractivity contribution in [3.05, 3.63) is 35.8 Å². The van der Waals surface area contributed by atoms with Gasteiger partial charge in [-0.25, -0.2) is 13.9 Å². The van der Waals surface area contributed by atoms with Crippen LogP contribution < -0.4 is 20.7 Å². The summed E-state index contributed by atoms with van der Waals surface area (Å²) < 4.78 is 20.5. The summed E-state index contributed by atoms with van der Waals surface area (Å²) in [6.45, 7) is 3.75. The zero-order valence-electron chi connectivity index (χ0n) is 14.2. The Kier molecular flexibility index (Phi) is 5.93. The summed E-state index contributed by atoms with van der Waals surface area (Å²) in [6, 6.07) is 5.13.